The number of phenolic OH excluding ortho intramolecular Hbond substituents is 2. The Bertz CT molecular complexity index is 936. The maximum atomic E-state index is 9.43. The fourth-order valence-electron chi connectivity index (χ4n) is 2.46. The van der Waals surface area contributed by atoms with Gasteiger partial charge in [-0.05, 0) is 38.1 Å². The van der Waals surface area contributed by atoms with E-state index in [-0.39, 0.29) is 23.9 Å². The molecule has 2 heterocycles. The predicted molar refractivity (Wildman–Crippen MR) is 104 cm³/mol. The van der Waals surface area contributed by atoms with Gasteiger partial charge in [0.15, 0.2) is 0 Å². The number of phenols is 2. The van der Waals surface area contributed by atoms with Gasteiger partial charge in [-0.25, -0.2) is 9.97 Å². The highest BCUT2D eigenvalue weighted by molar-refractivity contribution is 5.85. The summed E-state index contributed by atoms with van der Waals surface area (Å²) in [6.45, 7) is 3.82. The highest BCUT2D eigenvalue weighted by Gasteiger charge is 1.99. The first-order valence-corrected chi connectivity index (χ1v) is 7.65. The van der Waals surface area contributed by atoms with Gasteiger partial charge in [0.05, 0.1) is 0 Å². The minimum Gasteiger partial charge on any atom is -0.506 e. The van der Waals surface area contributed by atoms with Crippen LogP contribution in [0, 0.1) is 13.8 Å². The number of aromatic nitrogens is 2. The number of hydrogen-bond acceptors (Lipinski definition) is 4. The van der Waals surface area contributed by atoms with E-state index in [1.165, 1.54) is 0 Å². The summed E-state index contributed by atoms with van der Waals surface area (Å²) in [7, 11) is 0. The molecule has 0 aliphatic carbocycles. The molecule has 128 valence electrons. The second kappa shape index (κ2) is 7.81. The number of nitrogens with zero attached hydrogens (tertiary/aromatic N) is 2. The van der Waals surface area contributed by atoms with Crippen LogP contribution in [0.5, 0.6) is 11.5 Å². The van der Waals surface area contributed by atoms with Crippen LogP contribution in [0.4, 0.5) is 0 Å². The summed E-state index contributed by atoms with van der Waals surface area (Å²) in [4.78, 5) is 8.45. The summed E-state index contributed by atoms with van der Waals surface area (Å²) in [5.74, 6) is 0.493. The molecular weight excluding hydrogens is 336 g/mol. The molecule has 2 N–H and O–H groups in total. The molecule has 0 aliphatic heterocycles. The van der Waals surface area contributed by atoms with E-state index in [0.717, 1.165) is 22.2 Å². The fourth-order valence-corrected chi connectivity index (χ4v) is 2.46. The molecule has 0 unspecified atom stereocenters. The number of para-hydroxylation sites is 2. The van der Waals surface area contributed by atoms with E-state index in [4.69, 9.17) is 0 Å². The van der Waals surface area contributed by atoms with Crippen molar-refractivity contribution in [3.05, 3.63) is 72.1 Å². The van der Waals surface area contributed by atoms with Crippen LogP contribution < -0.4 is 0 Å². The molecule has 2 aromatic heterocycles. The molecule has 5 heteroatoms. The Morgan fingerprint density at radius 2 is 1.00 bits per heavy atom. The zero-order valence-electron chi connectivity index (χ0n) is 14.0. The molecule has 0 bridgehead atoms. The average molecular weight is 355 g/mol. The second-order valence-corrected chi connectivity index (χ2v) is 5.60. The molecule has 0 spiro atoms. The van der Waals surface area contributed by atoms with E-state index < -0.39 is 0 Å². The molecule has 4 aromatic rings. The lowest BCUT2D eigenvalue weighted by Crippen LogP contribution is -1.82. The van der Waals surface area contributed by atoms with Crippen molar-refractivity contribution in [2.45, 2.75) is 13.8 Å². The Morgan fingerprint density at radius 1 is 0.600 bits per heavy atom. The van der Waals surface area contributed by atoms with Gasteiger partial charge >= 0.3 is 0 Å². The van der Waals surface area contributed by atoms with Crippen molar-refractivity contribution in [2.75, 3.05) is 0 Å². The van der Waals surface area contributed by atoms with Crippen molar-refractivity contribution in [3.63, 3.8) is 0 Å². The van der Waals surface area contributed by atoms with Crippen molar-refractivity contribution >= 4 is 34.2 Å². The van der Waals surface area contributed by atoms with Gasteiger partial charge in [0, 0.05) is 22.2 Å². The van der Waals surface area contributed by atoms with E-state index >= 15 is 0 Å². The van der Waals surface area contributed by atoms with Crippen LogP contribution in [0.3, 0.4) is 0 Å². The Kier molecular flexibility index (Phi) is 5.78. The molecule has 0 atom stereocenters. The number of pyridine rings is 2. The molecule has 0 radical (unpaired) electrons. The van der Waals surface area contributed by atoms with Gasteiger partial charge in [-0.15, -0.1) is 12.4 Å². The van der Waals surface area contributed by atoms with Gasteiger partial charge < -0.3 is 10.2 Å². The van der Waals surface area contributed by atoms with Crippen molar-refractivity contribution in [2.24, 2.45) is 0 Å². The van der Waals surface area contributed by atoms with E-state index in [0.29, 0.717) is 11.0 Å². The average Bonchev–Trinajstić information content (AvgIpc) is 2.57. The summed E-state index contributed by atoms with van der Waals surface area (Å²) in [6, 6.07) is 18.6. The first kappa shape index (κ1) is 18.5. The first-order valence-electron chi connectivity index (χ1n) is 7.65. The van der Waals surface area contributed by atoms with Crippen molar-refractivity contribution in [3.8, 4) is 11.5 Å². The maximum absolute atomic E-state index is 9.43. The van der Waals surface area contributed by atoms with Gasteiger partial charge in [-0.2, -0.15) is 0 Å². The second-order valence-electron chi connectivity index (χ2n) is 5.60. The Hall–Kier alpha value is -2.85. The summed E-state index contributed by atoms with van der Waals surface area (Å²) >= 11 is 0. The third-order valence-electron chi connectivity index (χ3n) is 3.68. The Morgan fingerprint density at radius 3 is 1.40 bits per heavy atom. The molecular formula is C20H19ClN2O2. The Labute approximate surface area is 152 Å². The molecule has 4 nitrogen and oxygen atoms in total. The van der Waals surface area contributed by atoms with Crippen LogP contribution in [-0.2, 0) is 0 Å². The molecule has 0 aliphatic rings. The third-order valence-corrected chi connectivity index (χ3v) is 3.68. The number of rotatable bonds is 0. The van der Waals surface area contributed by atoms with Crippen LogP contribution in [0.2, 0.25) is 0 Å². The predicted octanol–water partition coefficient (Wildman–Crippen LogP) is 4.92. The largest absolute Gasteiger partial charge is 0.506 e. The number of aromatic hydroxyl groups is 2. The standard InChI is InChI=1S/2C10H9NO.ClH/c2*1-7-5-6-8-3-2-4-9(12)10(8)11-7;/h2*2-6,12H,1H3;1H. The van der Waals surface area contributed by atoms with Crippen LogP contribution in [0.15, 0.2) is 60.7 Å². The topological polar surface area (TPSA) is 66.2 Å². The Balaban J connectivity index is 0.000000173. The van der Waals surface area contributed by atoms with Crippen LogP contribution in [0.1, 0.15) is 11.4 Å². The number of halogens is 1. The molecule has 0 saturated carbocycles. The van der Waals surface area contributed by atoms with Gasteiger partial charge in [0.25, 0.3) is 0 Å². The number of aryl methyl sites for hydroxylation is 2. The number of hydrogen-bond donors (Lipinski definition) is 2. The zero-order valence-corrected chi connectivity index (χ0v) is 14.8. The summed E-state index contributed by atoms with van der Waals surface area (Å²) < 4.78 is 0. The van der Waals surface area contributed by atoms with Crippen molar-refractivity contribution < 1.29 is 10.2 Å². The smallest absolute Gasteiger partial charge is 0.141 e. The van der Waals surface area contributed by atoms with Crippen molar-refractivity contribution in [1.82, 2.24) is 9.97 Å². The lowest BCUT2D eigenvalue weighted by atomic mass is 10.2. The van der Waals surface area contributed by atoms with Crippen LogP contribution in [0.25, 0.3) is 21.8 Å². The monoisotopic (exact) mass is 354 g/mol. The minimum absolute atomic E-state index is 0. The van der Waals surface area contributed by atoms with Crippen LogP contribution >= 0.6 is 12.4 Å². The highest BCUT2D eigenvalue weighted by Crippen LogP contribution is 2.22. The zero-order chi connectivity index (χ0) is 17.1. The summed E-state index contributed by atoms with van der Waals surface area (Å²) in [6.07, 6.45) is 0. The molecule has 0 saturated heterocycles. The lowest BCUT2D eigenvalue weighted by Gasteiger charge is -1.99. The quantitative estimate of drug-likeness (QED) is 0.470. The van der Waals surface area contributed by atoms with Gasteiger partial charge in [-0.3, -0.25) is 0 Å². The molecule has 4 rings (SSSR count). The van der Waals surface area contributed by atoms with Gasteiger partial charge in [0.1, 0.15) is 22.5 Å². The summed E-state index contributed by atoms with van der Waals surface area (Å²) in [5, 5.41) is 20.8. The van der Waals surface area contributed by atoms with Crippen molar-refractivity contribution in [1.29, 1.82) is 0 Å². The normalized spacial score (nSPS) is 10.0. The van der Waals surface area contributed by atoms with E-state index in [1.54, 1.807) is 12.1 Å². The van der Waals surface area contributed by atoms with Gasteiger partial charge in [0.2, 0.25) is 0 Å². The first-order chi connectivity index (χ1) is 11.5. The summed E-state index contributed by atoms with van der Waals surface area (Å²) in [5.41, 5.74) is 3.20. The third kappa shape index (κ3) is 4.17. The van der Waals surface area contributed by atoms with E-state index in [9.17, 15) is 10.2 Å². The molecule has 2 aromatic carbocycles. The molecule has 0 amide bonds. The lowest BCUT2D eigenvalue weighted by molar-refractivity contribution is 0.480. The number of fused-ring (bicyclic) bond motifs is 2. The molecule has 0 fully saturated rings. The fraction of sp³-hybridized carbons (Fsp3) is 0.100. The molecule has 25 heavy (non-hydrogen) atoms. The van der Waals surface area contributed by atoms with Gasteiger partial charge in [-0.1, -0.05) is 36.4 Å². The highest BCUT2D eigenvalue weighted by atomic mass is 35.5. The van der Waals surface area contributed by atoms with Crippen LogP contribution in [-0.4, -0.2) is 20.2 Å². The number of benzene rings is 2. The minimum atomic E-state index is 0. The van der Waals surface area contributed by atoms with E-state index in [2.05, 4.69) is 9.97 Å². The maximum Gasteiger partial charge on any atom is 0.141 e. The van der Waals surface area contributed by atoms with E-state index in [1.807, 2.05) is 62.4 Å². The SMILES string of the molecule is Cc1ccc2cccc(O)c2n1.Cc1ccc2cccc(O)c2n1.Cl.